The van der Waals surface area contributed by atoms with E-state index in [0.717, 1.165) is 30.9 Å². The maximum absolute atomic E-state index is 12.1. The number of carbonyl (C=O) groups is 1. The normalized spacial score (nSPS) is 12.3. The average molecular weight is 504 g/mol. The third-order valence-corrected chi connectivity index (χ3v) is 4.18. The Labute approximate surface area is 187 Å². The highest BCUT2D eigenvalue weighted by molar-refractivity contribution is 14.0. The molecule has 0 saturated carbocycles. The van der Waals surface area contributed by atoms with E-state index >= 15 is 0 Å². The van der Waals surface area contributed by atoms with E-state index in [1.165, 1.54) is 0 Å². The highest BCUT2D eigenvalue weighted by Gasteiger charge is 2.11. The van der Waals surface area contributed by atoms with Crippen molar-refractivity contribution in [2.45, 2.75) is 40.5 Å². The fourth-order valence-electron chi connectivity index (χ4n) is 2.94. The molecule has 0 saturated heterocycles. The number of benzene rings is 1. The predicted octanol–water partition coefficient (Wildman–Crippen LogP) is 2.94. The van der Waals surface area contributed by atoms with Crippen LogP contribution in [0.15, 0.2) is 29.3 Å². The van der Waals surface area contributed by atoms with Gasteiger partial charge in [-0.05, 0) is 50.7 Å². The van der Waals surface area contributed by atoms with Crippen LogP contribution < -0.4 is 16.0 Å². The number of guanidine groups is 1. The number of aliphatic imine (C=N–C) groups is 1. The second-order valence-electron chi connectivity index (χ2n) is 7.28. The van der Waals surface area contributed by atoms with Gasteiger partial charge >= 0.3 is 0 Å². The van der Waals surface area contributed by atoms with Gasteiger partial charge in [0.1, 0.15) is 0 Å². The number of amides is 1. The first-order valence-electron chi connectivity index (χ1n) is 9.94. The second-order valence-corrected chi connectivity index (χ2v) is 7.28. The van der Waals surface area contributed by atoms with E-state index in [1.807, 2.05) is 38.1 Å². The molecule has 1 aromatic rings. The van der Waals surface area contributed by atoms with Gasteiger partial charge in [0.25, 0.3) is 5.91 Å². The first-order valence-corrected chi connectivity index (χ1v) is 9.94. The monoisotopic (exact) mass is 504 g/mol. The van der Waals surface area contributed by atoms with E-state index in [0.29, 0.717) is 37.0 Å². The largest absolute Gasteiger partial charge is 0.396 e. The van der Waals surface area contributed by atoms with Crippen molar-refractivity contribution in [3.05, 3.63) is 35.4 Å². The zero-order valence-electron chi connectivity index (χ0n) is 17.6. The van der Waals surface area contributed by atoms with Crippen LogP contribution in [-0.2, 0) is 0 Å². The first kappa shape index (κ1) is 26.6. The van der Waals surface area contributed by atoms with Gasteiger partial charge in [-0.1, -0.05) is 31.5 Å². The van der Waals surface area contributed by atoms with Crippen LogP contribution in [0, 0.1) is 18.8 Å². The molecule has 0 spiro atoms. The van der Waals surface area contributed by atoms with Crippen molar-refractivity contribution in [3.63, 3.8) is 0 Å². The molecule has 0 fully saturated rings. The van der Waals surface area contributed by atoms with Crippen molar-refractivity contribution in [1.82, 2.24) is 16.0 Å². The van der Waals surface area contributed by atoms with Crippen molar-refractivity contribution >= 4 is 35.8 Å². The fourth-order valence-corrected chi connectivity index (χ4v) is 2.94. The summed E-state index contributed by atoms with van der Waals surface area (Å²) in [5.74, 6) is 1.65. The minimum absolute atomic E-state index is 0. The van der Waals surface area contributed by atoms with Gasteiger partial charge in [-0.15, -0.1) is 24.0 Å². The zero-order chi connectivity index (χ0) is 20.1. The van der Waals surface area contributed by atoms with Crippen molar-refractivity contribution in [1.29, 1.82) is 0 Å². The third-order valence-electron chi connectivity index (χ3n) is 4.18. The summed E-state index contributed by atoms with van der Waals surface area (Å²) >= 11 is 0. The Morgan fingerprint density at radius 3 is 2.50 bits per heavy atom. The Hall–Kier alpha value is -1.35. The van der Waals surface area contributed by atoms with Gasteiger partial charge in [-0.2, -0.15) is 0 Å². The molecule has 0 radical (unpaired) electrons. The van der Waals surface area contributed by atoms with Crippen LogP contribution >= 0.6 is 24.0 Å². The summed E-state index contributed by atoms with van der Waals surface area (Å²) in [6.07, 6.45) is 1.82. The Morgan fingerprint density at radius 2 is 1.89 bits per heavy atom. The standard InChI is InChI=1S/C21H36N4O2.HI/c1-5-22-21(25-15-18(9-12-26)13-16(2)3)24-11-10-23-20(27)19-8-6-7-17(4)14-19;/h6-8,14,16,18,26H,5,9-13,15H2,1-4H3,(H,23,27)(H2,22,24,25);1H. The average Bonchev–Trinajstić information content (AvgIpc) is 2.62. The third kappa shape index (κ3) is 11.5. The minimum atomic E-state index is -0.0672. The fraction of sp³-hybridized carbons (Fsp3) is 0.619. The van der Waals surface area contributed by atoms with Gasteiger partial charge in [0, 0.05) is 38.3 Å². The first-order chi connectivity index (χ1) is 13.0. The van der Waals surface area contributed by atoms with Crippen molar-refractivity contribution < 1.29 is 9.90 Å². The highest BCUT2D eigenvalue weighted by Crippen LogP contribution is 2.15. The van der Waals surface area contributed by atoms with E-state index < -0.39 is 0 Å². The SMILES string of the molecule is CCNC(=NCC(CCO)CC(C)C)NCCNC(=O)c1cccc(C)c1.I. The molecule has 0 bridgehead atoms. The van der Waals surface area contributed by atoms with Crippen LogP contribution in [0.2, 0.25) is 0 Å². The Kier molecular flexibility index (Phi) is 14.8. The van der Waals surface area contributed by atoms with Crippen LogP contribution in [0.4, 0.5) is 0 Å². The number of aliphatic hydroxyl groups is 1. The summed E-state index contributed by atoms with van der Waals surface area (Å²) in [4.78, 5) is 16.8. The summed E-state index contributed by atoms with van der Waals surface area (Å²) in [6, 6.07) is 7.56. The molecule has 0 aliphatic rings. The van der Waals surface area contributed by atoms with E-state index in [9.17, 15) is 9.90 Å². The number of hydrogen-bond acceptors (Lipinski definition) is 3. The molecule has 28 heavy (non-hydrogen) atoms. The number of aliphatic hydroxyl groups excluding tert-OH is 1. The van der Waals surface area contributed by atoms with E-state index in [2.05, 4.69) is 34.8 Å². The van der Waals surface area contributed by atoms with Gasteiger partial charge < -0.3 is 21.1 Å². The molecular weight excluding hydrogens is 467 g/mol. The molecule has 1 unspecified atom stereocenters. The van der Waals surface area contributed by atoms with Gasteiger partial charge in [0.05, 0.1) is 0 Å². The van der Waals surface area contributed by atoms with Gasteiger partial charge in [0.2, 0.25) is 0 Å². The molecule has 1 atom stereocenters. The molecule has 7 heteroatoms. The summed E-state index contributed by atoms with van der Waals surface area (Å²) in [5, 5.41) is 18.6. The lowest BCUT2D eigenvalue weighted by Gasteiger charge is -2.17. The maximum Gasteiger partial charge on any atom is 0.251 e. The Morgan fingerprint density at radius 1 is 1.18 bits per heavy atom. The molecule has 6 nitrogen and oxygen atoms in total. The summed E-state index contributed by atoms with van der Waals surface area (Å²) in [5.41, 5.74) is 1.75. The molecule has 0 aliphatic carbocycles. The molecule has 160 valence electrons. The van der Waals surface area contributed by atoms with Gasteiger partial charge in [0.15, 0.2) is 5.96 Å². The van der Waals surface area contributed by atoms with Crippen LogP contribution in [0.1, 0.15) is 49.5 Å². The number of nitrogens with zero attached hydrogens (tertiary/aromatic N) is 1. The number of aryl methyl sites for hydroxylation is 1. The van der Waals surface area contributed by atoms with E-state index in [4.69, 9.17) is 0 Å². The number of hydrogen-bond donors (Lipinski definition) is 4. The molecular formula is C21H37IN4O2. The molecule has 1 rings (SSSR count). The Bertz CT molecular complexity index is 594. The minimum Gasteiger partial charge on any atom is -0.396 e. The topological polar surface area (TPSA) is 85.8 Å². The van der Waals surface area contributed by atoms with E-state index in [-0.39, 0.29) is 36.5 Å². The number of carbonyl (C=O) groups excluding carboxylic acids is 1. The smallest absolute Gasteiger partial charge is 0.251 e. The van der Waals surface area contributed by atoms with Crippen LogP contribution in [0.5, 0.6) is 0 Å². The zero-order valence-corrected chi connectivity index (χ0v) is 20.0. The van der Waals surface area contributed by atoms with Gasteiger partial charge in [-0.25, -0.2) is 0 Å². The quantitative estimate of drug-likeness (QED) is 0.162. The summed E-state index contributed by atoms with van der Waals surface area (Å²) in [7, 11) is 0. The number of nitrogens with one attached hydrogen (secondary N) is 3. The molecule has 1 aromatic carbocycles. The van der Waals surface area contributed by atoms with Crippen molar-refractivity contribution in [2.24, 2.45) is 16.8 Å². The van der Waals surface area contributed by atoms with E-state index in [1.54, 1.807) is 0 Å². The van der Waals surface area contributed by atoms with Crippen molar-refractivity contribution in [3.8, 4) is 0 Å². The molecule has 4 N–H and O–H groups in total. The lowest BCUT2D eigenvalue weighted by Crippen LogP contribution is -2.41. The summed E-state index contributed by atoms with van der Waals surface area (Å²) < 4.78 is 0. The van der Waals surface area contributed by atoms with Crippen LogP contribution in [0.25, 0.3) is 0 Å². The molecule has 1 amide bonds. The lowest BCUT2D eigenvalue weighted by molar-refractivity contribution is 0.0954. The lowest BCUT2D eigenvalue weighted by atomic mass is 9.94. The molecule has 0 heterocycles. The predicted molar refractivity (Wildman–Crippen MR) is 128 cm³/mol. The second kappa shape index (κ2) is 15.6. The maximum atomic E-state index is 12.1. The highest BCUT2D eigenvalue weighted by atomic mass is 127. The van der Waals surface area contributed by atoms with Crippen molar-refractivity contribution in [2.75, 3.05) is 32.8 Å². The van der Waals surface area contributed by atoms with Crippen LogP contribution in [0.3, 0.4) is 0 Å². The Balaban J connectivity index is 0.00000729. The number of rotatable bonds is 11. The summed E-state index contributed by atoms with van der Waals surface area (Å²) in [6.45, 7) is 11.1. The van der Waals surface area contributed by atoms with Crippen LogP contribution in [-0.4, -0.2) is 49.8 Å². The van der Waals surface area contributed by atoms with Gasteiger partial charge in [-0.3, -0.25) is 9.79 Å². The molecule has 0 aliphatic heterocycles. The molecule has 0 aromatic heterocycles. The number of halogens is 1.